The third-order valence-electron chi connectivity index (χ3n) is 6.69. The number of aromatic nitrogens is 1. The van der Waals surface area contributed by atoms with Crippen molar-refractivity contribution in [3.8, 4) is 5.75 Å². The van der Waals surface area contributed by atoms with E-state index in [0.717, 1.165) is 21.8 Å². The summed E-state index contributed by atoms with van der Waals surface area (Å²) in [6.45, 7) is 3.68. The fourth-order valence-corrected chi connectivity index (χ4v) is 5.65. The first-order valence-electron chi connectivity index (χ1n) is 12.6. The summed E-state index contributed by atoms with van der Waals surface area (Å²) in [6.07, 6.45) is 0. The van der Waals surface area contributed by atoms with Crippen molar-refractivity contribution in [3.05, 3.63) is 117 Å². The van der Waals surface area contributed by atoms with Crippen LogP contribution < -0.4 is 9.64 Å². The van der Waals surface area contributed by atoms with Gasteiger partial charge in [-0.05, 0) is 60.9 Å². The lowest BCUT2D eigenvalue weighted by molar-refractivity contribution is -0.132. The highest BCUT2D eigenvalue weighted by Gasteiger charge is 2.48. The Labute approximate surface area is 239 Å². The van der Waals surface area contributed by atoms with Crippen molar-refractivity contribution in [2.45, 2.75) is 26.5 Å². The van der Waals surface area contributed by atoms with Crippen LogP contribution in [0.5, 0.6) is 5.75 Å². The minimum Gasteiger partial charge on any atom is -0.507 e. The van der Waals surface area contributed by atoms with Crippen LogP contribution in [0.2, 0.25) is 0 Å². The number of hydrogen-bond donors (Lipinski definition) is 1. The Morgan fingerprint density at radius 3 is 2.41 bits per heavy atom. The molecule has 208 valence electrons. The highest BCUT2D eigenvalue weighted by molar-refractivity contribution is 7.17. The van der Waals surface area contributed by atoms with Crippen LogP contribution in [0.1, 0.15) is 43.7 Å². The smallest absolute Gasteiger partial charge is 0.350 e. The monoisotopic (exact) mass is 572 g/mol. The van der Waals surface area contributed by atoms with Crippen molar-refractivity contribution in [3.63, 3.8) is 0 Å². The third-order valence-corrected chi connectivity index (χ3v) is 7.83. The van der Waals surface area contributed by atoms with E-state index in [0.29, 0.717) is 34.7 Å². The highest BCUT2D eigenvalue weighted by Crippen LogP contribution is 2.44. The highest BCUT2D eigenvalue weighted by atomic mass is 32.1. The molecule has 5 rings (SSSR count). The second kappa shape index (κ2) is 11.3. The molecule has 1 aromatic heterocycles. The Kier molecular flexibility index (Phi) is 7.67. The number of ether oxygens (including phenoxy) is 2. The van der Waals surface area contributed by atoms with E-state index in [9.17, 15) is 23.9 Å². The number of aliphatic hydroxyl groups excluding tert-OH is 1. The molecule has 10 heteroatoms. The van der Waals surface area contributed by atoms with Crippen LogP contribution in [-0.4, -0.2) is 34.9 Å². The molecular weight excluding hydrogens is 547 g/mol. The summed E-state index contributed by atoms with van der Waals surface area (Å²) in [7, 11) is 1.23. The molecule has 0 bridgehead atoms. The van der Waals surface area contributed by atoms with Crippen LogP contribution in [0.15, 0.2) is 78.4 Å². The Morgan fingerprint density at radius 1 is 1.05 bits per heavy atom. The van der Waals surface area contributed by atoms with Crippen molar-refractivity contribution in [2.75, 3.05) is 12.0 Å². The maximum Gasteiger partial charge on any atom is 0.350 e. The van der Waals surface area contributed by atoms with E-state index in [1.54, 1.807) is 32.0 Å². The molecule has 2 heterocycles. The normalized spacial score (nSPS) is 16.2. The second-order valence-corrected chi connectivity index (χ2v) is 10.4. The van der Waals surface area contributed by atoms with Gasteiger partial charge in [0.25, 0.3) is 5.78 Å². The van der Waals surface area contributed by atoms with Crippen molar-refractivity contribution in [1.29, 1.82) is 0 Å². The van der Waals surface area contributed by atoms with Crippen LogP contribution in [0, 0.1) is 19.7 Å². The van der Waals surface area contributed by atoms with Gasteiger partial charge in [0, 0.05) is 5.56 Å². The van der Waals surface area contributed by atoms with Gasteiger partial charge in [-0.3, -0.25) is 14.5 Å². The summed E-state index contributed by atoms with van der Waals surface area (Å²) >= 11 is 0.887. The lowest BCUT2D eigenvalue weighted by atomic mass is 9.94. The Bertz CT molecular complexity index is 1680. The average Bonchev–Trinajstić information content (AvgIpc) is 3.48. The Morgan fingerprint density at radius 2 is 1.76 bits per heavy atom. The molecular formula is C31H25FN2O6S. The number of benzene rings is 3. The summed E-state index contributed by atoms with van der Waals surface area (Å²) in [5.74, 6) is -2.85. The second-order valence-electron chi connectivity index (χ2n) is 9.37. The van der Waals surface area contributed by atoms with Gasteiger partial charge in [0.2, 0.25) is 0 Å². The summed E-state index contributed by atoms with van der Waals surface area (Å²) in [6, 6.07) is 18.8. The van der Waals surface area contributed by atoms with E-state index in [1.807, 2.05) is 30.3 Å². The molecule has 0 aliphatic carbocycles. The van der Waals surface area contributed by atoms with Gasteiger partial charge in [-0.25, -0.2) is 14.2 Å². The fraction of sp³-hybridized carbons (Fsp3) is 0.161. The van der Waals surface area contributed by atoms with E-state index in [1.165, 1.54) is 31.4 Å². The first-order valence-corrected chi connectivity index (χ1v) is 13.4. The largest absolute Gasteiger partial charge is 0.507 e. The minimum absolute atomic E-state index is 0.0692. The lowest BCUT2D eigenvalue weighted by Crippen LogP contribution is -2.29. The molecule has 1 fully saturated rings. The number of methoxy groups -OCH3 is 1. The predicted octanol–water partition coefficient (Wildman–Crippen LogP) is 5.89. The maximum absolute atomic E-state index is 13.8. The molecule has 3 aromatic carbocycles. The average molecular weight is 573 g/mol. The lowest BCUT2D eigenvalue weighted by Gasteiger charge is -2.23. The fourth-order valence-electron chi connectivity index (χ4n) is 4.64. The van der Waals surface area contributed by atoms with E-state index in [2.05, 4.69) is 4.98 Å². The topological polar surface area (TPSA) is 106 Å². The first kappa shape index (κ1) is 27.7. The quantitative estimate of drug-likeness (QED) is 0.127. The number of hydrogen-bond acceptors (Lipinski definition) is 8. The van der Waals surface area contributed by atoms with E-state index in [4.69, 9.17) is 9.47 Å². The van der Waals surface area contributed by atoms with Crippen LogP contribution >= 0.6 is 11.3 Å². The van der Waals surface area contributed by atoms with Crippen molar-refractivity contribution in [2.24, 2.45) is 0 Å². The number of nitrogens with zero attached hydrogens (tertiary/aromatic N) is 2. The number of carbonyl (C=O) groups is 3. The third kappa shape index (κ3) is 5.33. The van der Waals surface area contributed by atoms with E-state index < -0.39 is 35.3 Å². The number of halogens is 1. The Hall–Kier alpha value is -4.83. The SMILES string of the molecule is COC(=O)c1sc(N2C(=O)C(=O)/C(=C(\O)c3ccc(OCc4ccccc4)cc3C)C2c2ccc(F)cc2)nc1C. The molecule has 1 aliphatic rings. The molecule has 1 unspecified atom stereocenters. The van der Waals surface area contributed by atoms with Gasteiger partial charge in [0.15, 0.2) is 5.13 Å². The van der Waals surface area contributed by atoms with Gasteiger partial charge < -0.3 is 14.6 Å². The molecule has 41 heavy (non-hydrogen) atoms. The molecule has 1 N–H and O–H groups in total. The predicted molar refractivity (Wildman–Crippen MR) is 151 cm³/mol. The number of anilines is 1. The summed E-state index contributed by atoms with van der Waals surface area (Å²) in [5.41, 5.74) is 2.43. The maximum atomic E-state index is 13.8. The van der Waals surface area contributed by atoms with Gasteiger partial charge in [-0.1, -0.05) is 53.8 Å². The van der Waals surface area contributed by atoms with Gasteiger partial charge in [-0.2, -0.15) is 0 Å². The number of esters is 1. The number of rotatable bonds is 7. The minimum atomic E-state index is -1.12. The molecule has 1 aliphatic heterocycles. The van der Waals surface area contributed by atoms with Crippen LogP contribution in [0.3, 0.4) is 0 Å². The zero-order chi connectivity index (χ0) is 29.3. The molecule has 1 amide bonds. The molecule has 1 atom stereocenters. The number of aryl methyl sites for hydroxylation is 2. The van der Waals surface area contributed by atoms with Crippen LogP contribution in [-0.2, 0) is 20.9 Å². The van der Waals surface area contributed by atoms with Gasteiger partial charge in [-0.15, -0.1) is 0 Å². The molecule has 4 aromatic rings. The van der Waals surface area contributed by atoms with E-state index >= 15 is 0 Å². The molecule has 0 radical (unpaired) electrons. The number of Topliss-reactive ketones (excluding diaryl/α,β-unsaturated/α-hetero) is 1. The van der Waals surface area contributed by atoms with Crippen LogP contribution in [0.25, 0.3) is 5.76 Å². The molecule has 1 saturated heterocycles. The summed E-state index contributed by atoms with van der Waals surface area (Å²) < 4.78 is 24.5. The molecule has 0 spiro atoms. The zero-order valence-electron chi connectivity index (χ0n) is 22.4. The Balaban J connectivity index is 1.57. The molecule has 8 nitrogen and oxygen atoms in total. The van der Waals surface area contributed by atoms with Crippen molar-refractivity contribution >= 4 is 39.9 Å². The standard InChI is InChI=1S/C31H25FN2O6S/c1-17-15-22(40-16-19-7-5-4-6-8-19)13-14-23(17)26(35)24-25(20-9-11-21(32)12-10-20)34(29(37)27(24)36)31-33-18(2)28(41-31)30(38)39-3/h4-15,25,35H,16H2,1-3H3/b26-24-. The van der Waals surface area contributed by atoms with Gasteiger partial charge in [0.1, 0.15) is 28.8 Å². The number of amides is 1. The van der Waals surface area contributed by atoms with Crippen LogP contribution in [0.4, 0.5) is 9.52 Å². The van der Waals surface area contributed by atoms with Crippen molar-refractivity contribution < 1.29 is 33.4 Å². The van der Waals surface area contributed by atoms with Crippen molar-refractivity contribution in [1.82, 2.24) is 4.98 Å². The van der Waals surface area contributed by atoms with E-state index in [-0.39, 0.29) is 15.6 Å². The number of ketones is 1. The molecule has 0 saturated carbocycles. The number of thiazole rings is 1. The number of carbonyl (C=O) groups excluding carboxylic acids is 3. The zero-order valence-corrected chi connectivity index (χ0v) is 23.2. The summed E-state index contributed by atoms with van der Waals surface area (Å²) in [4.78, 5) is 44.7. The first-order chi connectivity index (χ1) is 19.7. The number of aliphatic hydroxyl groups is 1. The summed E-state index contributed by atoms with van der Waals surface area (Å²) in [5, 5.41) is 11.6. The van der Waals surface area contributed by atoms with Gasteiger partial charge in [0.05, 0.1) is 24.4 Å². The van der Waals surface area contributed by atoms with Gasteiger partial charge >= 0.3 is 11.9 Å².